The molecular weight excluding hydrogens is 417 g/mol. The highest BCUT2D eigenvalue weighted by Gasteiger charge is 2.15. The average Bonchev–Trinajstić information content (AvgIpc) is 2.40. The van der Waals surface area contributed by atoms with Crippen molar-refractivity contribution in [2.75, 3.05) is 7.11 Å². The van der Waals surface area contributed by atoms with Crippen LogP contribution in [0.3, 0.4) is 0 Å². The van der Waals surface area contributed by atoms with E-state index < -0.39 is 0 Å². The maximum absolute atomic E-state index is 6.41. The van der Waals surface area contributed by atoms with Crippen molar-refractivity contribution < 1.29 is 4.74 Å². The summed E-state index contributed by atoms with van der Waals surface area (Å²) in [6, 6.07) is 12.0. The molecule has 0 aliphatic rings. The number of halogens is 2. The van der Waals surface area contributed by atoms with Crippen molar-refractivity contribution >= 4 is 38.5 Å². The molecule has 19 heavy (non-hydrogen) atoms. The summed E-state index contributed by atoms with van der Waals surface area (Å²) in [6.07, 6.45) is 0. The molecule has 2 rings (SSSR count). The van der Waals surface area contributed by atoms with Crippen LogP contribution in [0.25, 0.3) is 0 Å². The van der Waals surface area contributed by atoms with Gasteiger partial charge in [0, 0.05) is 8.04 Å². The number of benzene rings is 2. The second-order valence-corrected chi connectivity index (χ2v) is 6.44. The van der Waals surface area contributed by atoms with Crippen LogP contribution in [-0.2, 0) is 0 Å². The summed E-state index contributed by atoms with van der Waals surface area (Å²) < 4.78 is 7.44. The highest BCUT2D eigenvalue weighted by molar-refractivity contribution is 14.1. The summed E-state index contributed by atoms with van der Waals surface area (Å²) in [4.78, 5) is 0. The van der Waals surface area contributed by atoms with Crippen LogP contribution in [0.4, 0.5) is 0 Å². The topological polar surface area (TPSA) is 35.2 Å². The Hall–Kier alpha value is -0.590. The first-order valence-corrected chi connectivity index (χ1v) is 7.75. The lowest BCUT2D eigenvalue weighted by Gasteiger charge is -2.18. The monoisotopic (exact) mass is 431 g/mol. The molecule has 2 aromatic rings. The van der Waals surface area contributed by atoms with Gasteiger partial charge in [-0.25, -0.2) is 0 Å². The summed E-state index contributed by atoms with van der Waals surface area (Å²) in [7, 11) is 1.67. The fourth-order valence-corrected chi connectivity index (χ4v) is 3.09. The van der Waals surface area contributed by atoms with E-state index in [0.29, 0.717) is 0 Å². The van der Waals surface area contributed by atoms with Crippen LogP contribution in [0.15, 0.2) is 40.9 Å². The molecule has 0 radical (unpaired) electrons. The van der Waals surface area contributed by atoms with E-state index in [1.807, 2.05) is 24.3 Å². The van der Waals surface area contributed by atoms with Crippen LogP contribution in [0, 0.1) is 10.5 Å². The second-order valence-electron chi connectivity index (χ2n) is 4.37. The Kier molecular flexibility index (Phi) is 4.86. The van der Waals surface area contributed by atoms with Gasteiger partial charge in [0.05, 0.1) is 13.2 Å². The summed E-state index contributed by atoms with van der Waals surface area (Å²) in [5, 5.41) is 0. The number of methoxy groups -OCH3 is 1. The van der Waals surface area contributed by atoms with E-state index in [1.165, 1.54) is 3.57 Å². The van der Waals surface area contributed by atoms with E-state index in [-0.39, 0.29) is 6.04 Å². The molecule has 1 unspecified atom stereocenters. The fraction of sp³-hybridized carbons (Fsp3) is 0.200. The summed E-state index contributed by atoms with van der Waals surface area (Å²) >= 11 is 5.82. The van der Waals surface area contributed by atoms with Gasteiger partial charge in [-0.1, -0.05) is 22.0 Å². The van der Waals surface area contributed by atoms with Crippen molar-refractivity contribution in [3.8, 4) is 5.75 Å². The van der Waals surface area contributed by atoms with Crippen LogP contribution >= 0.6 is 38.5 Å². The van der Waals surface area contributed by atoms with Crippen molar-refractivity contribution in [3.63, 3.8) is 0 Å². The molecule has 2 N–H and O–H groups in total. The standard InChI is InChI=1S/C15H15BrINO/c1-9-7-11(19-2)4-5-12(9)15(18)13-8-10(16)3-6-14(13)17/h3-8,15H,18H2,1-2H3. The minimum absolute atomic E-state index is 0.129. The average molecular weight is 432 g/mol. The highest BCUT2D eigenvalue weighted by atomic mass is 127. The normalized spacial score (nSPS) is 12.3. The Bertz CT molecular complexity index is 601. The second kappa shape index (κ2) is 6.24. The minimum Gasteiger partial charge on any atom is -0.497 e. The van der Waals surface area contributed by atoms with Crippen LogP contribution in [0.1, 0.15) is 22.7 Å². The summed E-state index contributed by atoms with van der Waals surface area (Å²) in [5.41, 5.74) is 9.80. The molecule has 0 aliphatic heterocycles. The fourth-order valence-electron chi connectivity index (χ4n) is 2.04. The highest BCUT2D eigenvalue weighted by Crippen LogP contribution is 2.30. The van der Waals surface area contributed by atoms with Gasteiger partial charge in [0.15, 0.2) is 0 Å². The van der Waals surface area contributed by atoms with Crippen molar-refractivity contribution in [1.29, 1.82) is 0 Å². The van der Waals surface area contributed by atoms with Crippen LogP contribution in [0.2, 0.25) is 0 Å². The molecule has 0 aromatic heterocycles. The predicted molar refractivity (Wildman–Crippen MR) is 90.6 cm³/mol. The maximum Gasteiger partial charge on any atom is 0.119 e. The molecule has 4 heteroatoms. The van der Waals surface area contributed by atoms with Crippen LogP contribution in [-0.4, -0.2) is 7.11 Å². The zero-order chi connectivity index (χ0) is 14.0. The van der Waals surface area contributed by atoms with Crippen molar-refractivity contribution in [1.82, 2.24) is 0 Å². The molecule has 0 heterocycles. The lowest BCUT2D eigenvalue weighted by atomic mass is 9.96. The zero-order valence-corrected chi connectivity index (χ0v) is 14.5. The van der Waals surface area contributed by atoms with Gasteiger partial charge in [-0.2, -0.15) is 0 Å². The number of ether oxygens (including phenoxy) is 1. The summed E-state index contributed by atoms with van der Waals surface area (Å²) in [5.74, 6) is 0.859. The third-order valence-electron chi connectivity index (χ3n) is 3.11. The lowest BCUT2D eigenvalue weighted by molar-refractivity contribution is 0.414. The molecule has 0 saturated carbocycles. The van der Waals surface area contributed by atoms with E-state index in [9.17, 15) is 0 Å². The van der Waals surface area contributed by atoms with E-state index in [1.54, 1.807) is 7.11 Å². The number of hydrogen-bond donors (Lipinski definition) is 1. The van der Waals surface area contributed by atoms with Gasteiger partial charge in [0.2, 0.25) is 0 Å². The first kappa shape index (κ1) is 14.8. The Balaban J connectivity index is 2.43. The van der Waals surface area contributed by atoms with Crippen LogP contribution in [0.5, 0.6) is 5.75 Å². The van der Waals surface area contributed by atoms with Gasteiger partial charge in [-0.3, -0.25) is 0 Å². The van der Waals surface area contributed by atoms with Crippen molar-refractivity contribution in [2.24, 2.45) is 5.73 Å². The third kappa shape index (κ3) is 3.30. The Morgan fingerprint density at radius 3 is 2.53 bits per heavy atom. The van der Waals surface area contributed by atoms with Gasteiger partial charge in [-0.15, -0.1) is 0 Å². The molecule has 100 valence electrons. The molecule has 0 aliphatic carbocycles. The molecule has 0 fully saturated rings. The largest absolute Gasteiger partial charge is 0.497 e. The third-order valence-corrected chi connectivity index (χ3v) is 4.58. The van der Waals surface area contributed by atoms with E-state index in [4.69, 9.17) is 10.5 Å². The number of nitrogens with two attached hydrogens (primary N) is 1. The molecular formula is C15H15BrINO. The first-order valence-electron chi connectivity index (χ1n) is 5.88. The van der Waals surface area contributed by atoms with E-state index in [2.05, 4.69) is 57.6 Å². The predicted octanol–water partition coefficient (Wildman–Crippen LogP) is 4.42. The summed E-state index contributed by atoms with van der Waals surface area (Å²) in [6.45, 7) is 2.06. The molecule has 0 bridgehead atoms. The van der Waals surface area contributed by atoms with Gasteiger partial charge in [-0.05, 0) is 76.5 Å². The molecule has 0 amide bonds. The van der Waals surface area contributed by atoms with Gasteiger partial charge < -0.3 is 10.5 Å². The number of hydrogen-bond acceptors (Lipinski definition) is 2. The van der Waals surface area contributed by atoms with Gasteiger partial charge >= 0.3 is 0 Å². The lowest BCUT2D eigenvalue weighted by Crippen LogP contribution is -2.14. The minimum atomic E-state index is -0.129. The van der Waals surface area contributed by atoms with Crippen LogP contribution < -0.4 is 10.5 Å². The zero-order valence-electron chi connectivity index (χ0n) is 10.8. The first-order chi connectivity index (χ1) is 9.02. The van der Waals surface area contributed by atoms with Crippen molar-refractivity contribution in [3.05, 3.63) is 61.1 Å². The quantitative estimate of drug-likeness (QED) is 0.730. The van der Waals surface area contributed by atoms with E-state index >= 15 is 0 Å². The van der Waals surface area contributed by atoms with E-state index in [0.717, 1.165) is 26.9 Å². The molecule has 1 atom stereocenters. The van der Waals surface area contributed by atoms with Gasteiger partial charge in [0.1, 0.15) is 5.75 Å². The number of rotatable bonds is 3. The Morgan fingerprint density at radius 2 is 1.89 bits per heavy atom. The van der Waals surface area contributed by atoms with Gasteiger partial charge in [0.25, 0.3) is 0 Å². The van der Waals surface area contributed by atoms with Crippen molar-refractivity contribution in [2.45, 2.75) is 13.0 Å². The molecule has 0 saturated heterocycles. The Morgan fingerprint density at radius 1 is 1.16 bits per heavy atom. The maximum atomic E-state index is 6.41. The molecule has 2 nitrogen and oxygen atoms in total. The Labute approximate surface area is 135 Å². The molecule has 0 spiro atoms. The molecule has 2 aromatic carbocycles. The smallest absolute Gasteiger partial charge is 0.119 e. The SMILES string of the molecule is COc1ccc(C(N)c2cc(Br)ccc2I)c(C)c1. The number of aryl methyl sites for hydroxylation is 1.